The standard InChI is InChI=1S/C11H13BrN2S/c1-7-2-3-13-11(10(7)12)14-5-9-4-8(14)6-15-9/h2-3,8-9H,4-6H2,1H3. The summed E-state index contributed by atoms with van der Waals surface area (Å²) in [6.45, 7) is 3.29. The highest BCUT2D eigenvalue weighted by atomic mass is 79.9. The van der Waals surface area contributed by atoms with E-state index >= 15 is 0 Å². The number of aryl methyl sites for hydroxylation is 1. The van der Waals surface area contributed by atoms with Crippen molar-refractivity contribution in [3.8, 4) is 0 Å². The molecule has 3 rings (SSSR count). The Balaban J connectivity index is 1.96. The van der Waals surface area contributed by atoms with Gasteiger partial charge < -0.3 is 4.90 Å². The first-order valence-electron chi connectivity index (χ1n) is 5.25. The van der Waals surface area contributed by atoms with Crippen LogP contribution in [0.4, 0.5) is 5.82 Å². The number of hydrogen-bond acceptors (Lipinski definition) is 3. The smallest absolute Gasteiger partial charge is 0.143 e. The fourth-order valence-corrected chi connectivity index (χ4v) is 4.28. The number of thioether (sulfide) groups is 1. The molecule has 15 heavy (non-hydrogen) atoms. The summed E-state index contributed by atoms with van der Waals surface area (Å²) < 4.78 is 1.17. The van der Waals surface area contributed by atoms with E-state index in [1.165, 1.54) is 28.8 Å². The number of anilines is 1. The van der Waals surface area contributed by atoms with Crippen LogP contribution >= 0.6 is 27.7 Å². The maximum absolute atomic E-state index is 4.51. The number of fused-ring (bicyclic) bond motifs is 2. The molecule has 0 amide bonds. The highest BCUT2D eigenvalue weighted by Crippen LogP contribution is 2.41. The van der Waals surface area contributed by atoms with Gasteiger partial charge in [0.25, 0.3) is 0 Å². The SMILES string of the molecule is Cc1ccnc(N2CC3CC2CS3)c1Br. The van der Waals surface area contributed by atoms with Crippen LogP contribution in [0.25, 0.3) is 0 Å². The second-order valence-electron chi connectivity index (χ2n) is 4.26. The lowest BCUT2D eigenvalue weighted by atomic mass is 10.2. The number of nitrogens with zero attached hydrogens (tertiary/aromatic N) is 2. The summed E-state index contributed by atoms with van der Waals surface area (Å²) in [5, 5.41) is 0.837. The Hall–Kier alpha value is -0.220. The first-order valence-corrected chi connectivity index (χ1v) is 7.09. The van der Waals surface area contributed by atoms with E-state index in [-0.39, 0.29) is 0 Å². The van der Waals surface area contributed by atoms with Crippen molar-refractivity contribution in [2.45, 2.75) is 24.6 Å². The van der Waals surface area contributed by atoms with E-state index in [1.807, 2.05) is 6.20 Å². The lowest BCUT2D eigenvalue weighted by Gasteiger charge is -2.28. The molecule has 3 heterocycles. The molecular formula is C11H13BrN2S. The van der Waals surface area contributed by atoms with Crippen LogP contribution in [0.1, 0.15) is 12.0 Å². The molecule has 2 saturated heterocycles. The van der Waals surface area contributed by atoms with Crippen molar-refractivity contribution >= 4 is 33.5 Å². The largest absolute Gasteiger partial charge is 0.351 e. The zero-order valence-corrected chi connectivity index (χ0v) is 11.0. The van der Waals surface area contributed by atoms with Crippen LogP contribution in [0.3, 0.4) is 0 Å². The summed E-state index contributed by atoms with van der Waals surface area (Å²) in [6.07, 6.45) is 3.25. The van der Waals surface area contributed by atoms with E-state index in [1.54, 1.807) is 0 Å². The maximum Gasteiger partial charge on any atom is 0.143 e. The third-order valence-electron chi connectivity index (χ3n) is 3.24. The molecule has 2 nitrogen and oxygen atoms in total. The Bertz CT molecular complexity index is 396. The van der Waals surface area contributed by atoms with Gasteiger partial charge in [0, 0.05) is 29.8 Å². The van der Waals surface area contributed by atoms with Crippen LogP contribution in [-0.4, -0.2) is 28.6 Å². The van der Waals surface area contributed by atoms with Gasteiger partial charge in [0.05, 0.1) is 4.47 Å². The van der Waals surface area contributed by atoms with Crippen molar-refractivity contribution in [2.75, 3.05) is 17.2 Å². The second-order valence-corrected chi connectivity index (χ2v) is 6.39. The number of aromatic nitrogens is 1. The Labute approximate surface area is 103 Å². The molecule has 0 aromatic carbocycles. The fraction of sp³-hybridized carbons (Fsp3) is 0.545. The van der Waals surface area contributed by atoms with Crippen LogP contribution in [0.15, 0.2) is 16.7 Å². The van der Waals surface area contributed by atoms with Crippen molar-refractivity contribution < 1.29 is 0 Å². The first kappa shape index (κ1) is 9.97. The molecule has 1 aromatic heterocycles. The number of rotatable bonds is 1. The van der Waals surface area contributed by atoms with Crippen LogP contribution in [0.5, 0.6) is 0 Å². The van der Waals surface area contributed by atoms with Gasteiger partial charge in [-0.15, -0.1) is 0 Å². The van der Waals surface area contributed by atoms with E-state index in [2.05, 4.69) is 50.6 Å². The second kappa shape index (κ2) is 3.67. The van der Waals surface area contributed by atoms with E-state index in [9.17, 15) is 0 Å². The summed E-state index contributed by atoms with van der Waals surface area (Å²) in [4.78, 5) is 6.98. The molecule has 2 fully saturated rings. The Morgan fingerprint density at radius 1 is 1.60 bits per heavy atom. The molecular weight excluding hydrogens is 272 g/mol. The molecule has 0 radical (unpaired) electrons. The van der Waals surface area contributed by atoms with Gasteiger partial charge in [0.15, 0.2) is 0 Å². The molecule has 2 aliphatic heterocycles. The summed E-state index contributed by atoms with van der Waals surface area (Å²) in [5.74, 6) is 2.41. The molecule has 80 valence electrons. The molecule has 0 spiro atoms. The average molecular weight is 285 g/mol. The third-order valence-corrected chi connectivity index (χ3v) is 5.61. The Morgan fingerprint density at radius 2 is 2.47 bits per heavy atom. The zero-order valence-electron chi connectivity index (χ0n) is 8.61. The summed E-state index contributed by atoms with van der Waals surface area (Å²) in [6, 6.07) is 2.77. The van der Waals surface area contributed by atoms with Crippen molar-refractivity contribution in [2.24, 2.45) is 0 Å². The predicted octanol–water partition coefficient (Wildman–Crippen LogP) is 2.85. The molecule has 0 saturated carbocycles. The fourth-order valence-electron chi connectivity index (χ4n) is 2.39. The van der Waals surface area contributed by atoms with Gasteiger partial charge in [-0.3, -0.25) is 0 Å². The highest BCUT2D eigenvalue weighted by molar-refractivity contribution is 9.10. The van der Waals surface area contributed by atoms with Gasteiger partial charge in [-0.2, -0.15) is 11.8 Å². The Morgan fingerprint density at radius 3 is 3.13 bits per heavy atom. The topological polar surface area (TPSA) is 16.1 Å². The summed E-state index contributed by atoms with van der Waals surface area (Å²) in [5.41, 5.74) is 1.27. The van der Waals surface area contributed by atoms with E-state index < -0.39 is 0 Å². The molecule has 2 aliphatic rings. The number of halogens is 1. The van der Waals surface area contributed by atoms with Crippen LogP contribution in [-0.2, 0) is 0 Å². The van der Waals surface area contributed by atoms with Gasteiger partial charge in [-0.25, -0.2) is 4.98 Å². The van der Waals surface area contributed by atoms with Gasteiger partial charge in [-0.05, 0) is 40.9 Å². The summed E-state index contributed by atoms with van der Waals surface area (Å²) in [7, 11) is 0. The molecule has 0 N–H and O–H groups in total. The lowest BCUT2D eigenvalue weighted by molar-refractivity contribution is 0.750. The van der Waals surface area contributed by atoms with Gasteiger partial charge in [-0.1, -0.05) is 0 Å². The minimum Gasteiger partial charge on any atom is -0.351 e. The average Bonchev–Trinajstić information content (AvgIpc) is 2.83. The third kappa shape index (κ3) is 1.58. The molecule has 0 aliphatic carbocycles. The van der Waals surface area contributed by atoms with Crippen molar-refractivity contribution in [3.05, 3.63) is 22.3 Å². The van der Waals surface area contributed by atoms with Crippen molar-refractivity contribution in [1.82, 2.24) is 4.98 Å². The highest BCUT2D eigenvalue weighted by Gasteiger charge is 2.39. The van der Waals surface area contributed by atoms with E-state index in [0.717, 1.165) is 11.1 Å². The molecule has 2 unspecified atom stereocenters. The molecule has 2 bridgehead atoms. The zero-order chi connectivity index (χ0) is 10.4. The van der Waals surface area contributed by atoms with Gasteiger partial charge in [0.1, 0.15) is 5.82 Å². The number of hydrogen-bond donors (Lipinski definition) is 0. The number of pyridine rings is 1. The van der Waals surface area contributed by atoms with Crippen LogP contribution in [0, 0.1) is 6.92 Å². The normalized spacial score (nSPS) is 28.8. The Kier molecular flexibility index (Phi) is 2.44. The molecule has 4 heteroatoms. The monoisotopic (exact) mass is 284 g/mol. The van der Waals surface area contributed by atoms with Crippen LogP contribution in [0.2, 0.25) is 0 Å². The van der Waals surface area contributed by atoms with Gasteiger partial charge in [0.2, 0.25) is 0 Å². The van der Waals surface area contributed by atoms with Crippen molar-refractivity contribution in [1.29, 1.82) is 0 Å². The maximum atomic E-state index is 4.51. The van der Waals surface area contributed by atoms with E-state index in [0.29, 0.717) is 6.04 Å². The van der Waals surface area contributed by atoms with Gasteiger partial charge >= 0.3 is 0 Å². The van der Waals surface area contributed by atoms with Crippen molar-refractivity contribution in [3.63, 3.8) is 0 Å². The minimum atomic E-state index is 0.714. The van der Waals surface area contributed by atoms with E-state index in [4.69, 9.17) is 0 Å². The lowest BCUT2D eigenvalue weighted by Crippen LogP contribution is -2.34. The quantitative estimate of drug-likeness (QED) is 0.789. The minimum absolute atomic E-state index is 0.714. The molecule has 2 atom stereocenters. The van der Waals surface area contributed by atoms with Crippen LogP contribution < -0.4 is 4.90 Å². The first-order chi connectivity index (χ1) is 7.25. The summed E-state index contributed by atoms with van der Waals surface area (Å²) >= 11 is 5.77. The molecule has 1 aromatic rings. The predicted molar refractivity (Wildman–Crippen MR) is 68.7 cm³/mol.